The third kappa shape index (κ3) is 4.29. The molecule has 0 amide bonds. The van der Waals surface area contributed by atoms with E-state index in [4.69, 9.17) is 14.6 Å². The predicted octanol–water partition coefficient (Wildman–Crippen LogP) is 0.123. The van der Waals surface area contributed by atoms with Crippen molar-refractivity contribution in [1.82, 2.24) is 0 Å². The largest absolute Gasteiger partial charge is 0.481 e. The fourth-order valence-electron chi connectivity index (χ4n) is 0.591. The maximum atomic E-state index is 10.1. The number of carboxylic acids is 1. The van der Waals surface area contributed by atoms with E-state index >= 15 is 0 Å². The van der Waals surface area contributed by atoms with Gasteiger partial charge < -0.3 is 14.6 Å². The molecule has 60 valence electrons. The molecule has 0 radical (unpaired) electrons. The Hall–Kier alpha value is -0.610. The molecule has 1 atom stereocenters. The summed E-state index contributed by atoms with van der Waals surface area (Å²) in [5, 5.41) is 8.31. The molecule has 0 spiro atoms. The molecule has 0 saturated heterocycles. The second kappa shape index (κ2) is 5.20. The molecule has 0 fully saturated rings. The minimum Gasteiger partial charge on any atom is -0.481 e. The number of methoxy groups -OCH3 is 2. The summed E-state index contributed by atoms with van der Waals surface area (Å²) in [5.41, 5.74) is 0. The van der Waals surface area contributed by atoms with Gasteiger partial charge in [0, 0.05) is 14.2 Å². The zero-order valence-corrected chi connectivity index (χ0v) is 6.16. The van der Waals surface area contributed by atoms with Crippen molar-refractivity contribution in [3.8, 4) is 0 Å². The summed E-state index contributed by atoms with van der Waals surface area (Å²) >= 11 is 0. The van der Waals surface area contributed by atoms with E-state index < -0.39 is 5.97 Å². The van der Waals surface area contributed by atoms with Gasteiger partial charge >= 0.3 is 5.97 Å². The Morgan fingerprint density at radius 1 is 1.60 bits per heavy atom. The first-order valence-electron chi connectivity index (χ1n) is 2.94. The van der Waals surface area contributed by atoms with Crippen molar-refractivity contribution in [1.29, 1.82) is 0 Å². The molecule has 4 nitrogen and oxygen atoms in total. The molecule has 0 bridgehead atoms. The van der Waals surface area contributed by atoms with Gasteiger partial charge in [-0.05, 0) is 0 Å². The molecule has 0 rings (SSSR count). The summed E-state index contributed by atoms with van der Waals surface area (Å²) in [7, 11) is 2.97. The first-order chi connectivity index (χ1) is 4.70. The summed E-state index contributed by atoms with van der Waals surface area (Å²) in [6.07, 6.45) is -0.341. The lowest BCUT2D eigenvalue weighted by atomic mass is 10.3. The summed E-state index contributed by atoms with van der Waals surface area (Å²) in [5.74, 6) is -0.871. The van der Waals surface area contributed by atoms with Crippen LogP contribution in [0, 0.1) is 0 Å². The number of hydrogen-bond donors (Lipinski definition) is 1. The molecule has 4 heteroatoms. The number of hydrogen-bond acceptors (Lipinski definition) is 3. The lowest BCUT2D eigenvalue weighted by molar-refractivity contribution is -0.140. The maximum absolute atomic E-state index is 10.1. The van der Waals surface area contributed by atoms with Crippen LogP contribution in [0.25, 0.3) is 0 Å². The number of carbonyl (C=O) groups is 1. The molecule has 0 aromatic heterocycles. The topological polar surface area (TPSA) is 55.8 Å². The van der Waals surface area contributed by atoms with Crippen LogP contribution in [0.4, 0.5) is 0 Å². The highest BCUT2D eigenvalue weighted by molar-refractivity contribution is 5.67. The van der Waals surface area contributed by atoms with Crippen molar-refractivity contribution in [2.45, 2.75) is 12.5 Å². The van der Waals surface area contributed by atoms with Crippen LogP contribution in [0.2, 0.25) is 0 Å². The number of carboxylic acid groups (broad SMARTS) is 1. The van der Waals surface area contributed by atoms with Gasteiger partial charge in [0.15, 0.2) is 0 Å². The average molecular weight is 148 g/mol. The van der Waals surface area contributed by atoms with Gasteiger partial charge in [0.2, 0.25) is 0 Å². The van der Waals surface area contributed by atoms with Gasteiger partial charge in [-0.3, -0.25) is 4.79 Å². The third-order valence-corrected chi connectivity index (χ3v) is 1.09. The number of aliphatic carboxylic acids is 1. The quantitative estimate of drug-likeness (QED) is 0.601. The first-order valence-corrected chi connectivity index (χ1v) is 2.94. The minimum atomic E-state index is -0.871. The maximum Gasteiger partial charge on any atom is 0.306 e. The molecule has 0 aromatic carbocycles. The second-order valence-electron chi connectivity index (χ2n) is 1.91. The van der Waals surface area contributed by atoms with Gasteiger partial charge in [0.05, 0.1) is 19.1 Å². The van der Waals surface area contributed by atoms with Crippen molar-refractivity contribution in [3.05, 3.63) is 0 Å². The van der Waals surface area contributed by atoms with Crippen molar-refractivity contribution < 1.29 is 19.4 Å². The van der Waals surface area contributed by atoms with E-state index in [1.54, 1.807) is 0 Å². The van der Waals surface area contributed by atoms with Crippen molar-refractivity contribution in [2.24, 2.45) is 0 Å². The molecule has 10 heavy (non-hydrogen) atoms. The molecule has 0 saturated carbocycles. The molecule has 0 heterocycles. The smallest absolute Gasteiger partial charge is 0.306 e. The van der Waals surface area contributed by atoms with Crippen LogP contribution < -0.4 is 0 Å². The first kappa shape index (κ1) is 9.39. The Bertz CT molecular complexity index is 102. The zero-order chi connectivity index (χ0) is 7.98. The van der Waals surface area contributed by atoms with Gasteiger partial charge in [0.1, 0.15) is 0 Å². The van der Waals surface area contributed by atoms with Gasteiger partial charge in [-0.25, -0.2) is 0 Å². The molecule has 1 unspecified atom stereocenters. The highest BCUT2D eigenvalue weighted by atomic mass is 16.5. The van der Waals surface area contributed by atoms with Gasteiger partial charge in [0.25, 0.3) is 0 Å². The van der Waals surface area contributed by atoms with E-state index in [1.165, 1.54) is 14.2 Å². The SMILES string of the molecule is COCC(CC(=O)O)OC. The van der Waals surface area contributed by atoms with E-state index in [1.807, 2.05) is 0 Å². The number of rotatable bonds is 5. The molecule has 0 aliphatic heterocycles. The van der Waals surface area contributed by atoms with E-state index in [0.29, 0.717) is 6.61 Å². The fraction of sp³-hybridized carbons (Fsp3) is 0.833. The summed E-state index contributed by atoms with van der Waals surface area (Å²) in [6.45, 7) is 0.322. The fourth-order valence-corrected chi connectivity index (χ4v) is 0.591. The van der Waals surface area contributed by atoms with Crippen LogP contribution in [0.5, 0.6) is 0 Å². The molecule has 1 N–H and O–H groups in total. The summed E-state index contributed by atoms with van der Waals surface area (Å²) in [6, 6.07) is 0. The predicted molar refractivity (Wildman–Crippen MR) is 34.9 cm³/mol. The van der Waals surface area contributed by atoms with Crippen LogP contribution in [0.1, 0.15) is 6.42 Å². The number of ether oxygens (including phenoxy) is 2. The van der Waals surface area contributed by atoms with Crippen molar-refractivity contribution >= 4 is 5.97 Å². The van der Waals surface area contributed by atoms with E-state index in [9.17, 15) is 4.79 Å². The summed E-state index contributed by atoms with van der Waals surface area (Å²) < 4.78 is 9.50. The van der Waals surface area contributed by atoms with Crippen LogP contribution in [0.3, 0.4) is 0 Å². The molecule has 0 aliphatic rings. The molecular weight excluding hydrogens is 136 g/mol. The Balaban J connectivity index is 3.49. The van der Waals surface area contributed by atoms with Gasteiger partial charge in [-0.1, -0.05) is 0 Å². The second-order valence-corrected chi connectivity index (χ2v) is 1.91. The van der Waals surface area contributed by atoms with Crippen LogP contribution in [-0.2, 0) is 14.3 Å². The molecule has 0 aliphatic carbocycles. The lowest BCUT2D eigenvalue weighted by Gasteiger charge is -2.10. The van der Waals surface area contributed by atoms with Crippen LogP contribution in [-0.4, -0.2) is 38.0 Å². The Kier molecular flexibility index (Phi) is 4.88. The Labute approximate surface area is 59.7 Å². The van der Waals surface area contributed by atoms with Crippen LogP contribution in [0.15, 0.2) is 0 Å². The lowest BCUT2D eigenvalue weighted by Crippen LogP contribution is -2.20. The highest BCUT2D eigenvalue weighted by Gasteiger charge is 2.10. The van der Waals surface area contributed by atoms with Crippen molar-refractivity contribution in [3.63, 3.8) is 0 Å². The average Bonchev–Trinajstić information content (AvgIpc) is 1.86. The van der Waals surface area contributed by atoms with Crippen LogP contribution >= 0.6 is 0 Å². The highest BCUT2D eigenvalue weighted by Crippen LogP contribution is 1.96. The Morgan fingerprint density at radius 3 is 2.50 bits per heavy atom. The van der Waals surface area contributed by atoms with Crippen molar-refractivity contribution in [2.75, 3.05) is 20.8 Å². The summed E-state index contributed by atoms with van der Waals surface area (Å²) in [4.78, 5) is 10.1. The van der Waals surface area contributed by atoms with E-state index in [0.717, 1.165) is 0 Å². The van der Waals surface area contributed by atoms with E-state index in [-0.39, 0.29) is 12.5 Å². The van der Waals surface area contributed by atoms with E-state index in [2.05, 4.69) is 0 Å². The molecule has 0 aromatic rings. The zero-order valence-electron chi connectivity index (χ0n) is 6.16. The normalized spacial score (nSPS) is 13.0. The van der Waals surface area contributed by atoms with Gasteiger partial charge in [-0.2, -0.15) is 0 Å². The molecular formula is C6H12O4. The third-order valence-electron chi connectivity index (χ3n) is 1.09. The monoisotopic (exact) mass is 148 g/mol. The Morgan fingerprint density at radius 2 is 2.20 bits per heavy atom. The standard InChI is InChI=1S/C6H12O4/c1-9-4-5(10-2)3-6(7)8/h5H,3-4H2,1-2H3,(H,7,8). The van der Waals surface area contributed by atoms with Gasteiger partial charge in [-0.15, -0.1) is 0 Å². The minimum absolute atomic E-state index is 0.00958.